The molecule has 1 aliphatic heterocycles. The normalized spacial score (nSPS) is 13.4. The predicted molar refractivity (Wildman–Crippen MR) is 231 cm³/mol. The summed E-state index contributed by atoms with van der Waals surface area (Å²) in [5.41, 5.74) is 13.5. The fourth-order valence-corrected chi connectivity index (χ4v) is 7.77. The molecule has 0 saturated heterocycles. The monoisotopic (exact) mass is 716 g/mol. The summed E-state index contributed by atoms with van der Waals surface area (Å²) >= 11 is 0. The average molecular weight is 717 g/mol. The van der Waals surface area contributed by atoms with E-state index in [-0.39, 0.29) is 6.04 Å². The van der Waals surface area contributed by atoms with Crippen molar-refractivity contribution in [2.75, 3.05) is 5.32 Å². The first-order chi connectivity index (χ1) is 27.7. The van der Waals surface area contributed by atoms with Crippen molar-refractivity contribution in [3.63, 3.8) is 0 Å². The van der Waals surface area contributed by atoms with Gasteiger partial charge in [-0.2, -0.15) is 0 Å². The van der Waals surface area contributed by atoms with Crippen LogP contribution >= 0.6 is 0 Å². The van der Waals surface area contributed by atoms with Gasteiger partial charge in [-0.3, -0.25) is 0 Å². The molecule has 10 rings (SSSR count). The summed E-state index contributed by atoms with van der Waals surface area (Å²) in [4.78, 5) is 15.0. The van der Waals surface area contributed by atoms with Gasteiger partial charge in [-0.05, 0) is 61.9 Å². The maximum atomic E-state index is 5.03. The van der Waals surface area contributed by atoms with Gasteiger partial charge >= 0.3 is 0 Å². The molecule has 1 N–H and O–H groups in total. The highest BCUT2D eigenvalue weighted by molar-refractivity contribution is 6.08. The molecule has 4 heteroatoms. The van der Waals surface area contributed by atoms with Crippen LogP contribution < -0.4 is 5.32 Å². The molecule has 1 atom stereocenters. The van der Waals surface area contributed by atoms with Crippen LogP contribution in [0.2, 0.25) is 0 Å². The number of hydrogen-bond donors (Lipinski definition) is 1. The highest BCUT2D eigenvalue weighted by Crippen LogP contribution is 2.44. The lowest BCUT2D eigenvalue weighted by Crippen LogP contribution is -2.15. The van der Waals surface area contributed by atoms with Crippen LogP contribution in [0.3, 0.4) is 0 Å². The van der Waals surface area contributed by atoms with E-state index >= 15 is 0 Å². The quantitative estimate of drug-likeness (QED) is 0.178. The third-order valence-electron chi connectivity index (χ3n) is 10.6. The van der Waals surface area contributed by atoms with Crippen LogP contribution in [0.4, 0.5) is 5.69 Å². The van der Waals surface area contributed by atoms with E-state index in [1.165, 1.54) is 44.2 Å². The summed E-state index contributed by atoms with van der Waals surface area (Å²) < 4.78 is 0. The molecule has 0 amide bonds. The Labute approximate surface area is 326 Å². The molecular formula is C52H36N4. The van der Waals surface area contributed by atoms with Crippen molar-refractivity contribution >= 4 is 22.0 Å². The SMILES string of the molecule is C1=C(c2ccccc2)c2c(ccc3c(-c4ccc(-c5nc(-c6ccccc6)nc(-c6ccc(-c7ccccc7)cc6)n5)cc4)cccc23)NC1c1ccccc1. The summed E-state index contributed by atoms with van der Waals surface area (Å²) in [7, 11) is 0. The fraction of sp³-hybridized carbons (Fsp3) is 0.0192. The minimum absolute atomic E-state index is 0.0686. The molecule has 0 saturated carbocycles. The molecule has 0 fully saturated rings. The Bertz CT molecular complexity index is 2830. The van der Waals surface area contributed by atoms with Gasteiger partial charge < -0.3 is 5.32 Å². The number of anilines is 1. The Hall–Kier alpha value is -7.43. The van der Waals surface area contributed by atoms with Gasteiger partial charge in [-0.25, -0.2) is 15.0 Å². The third kappa shape index (κ3) is 6.33. The second-order valence-electron chi connectivity index (χ2n) is 14.1. The van der Waals surface area contributed by atoms with E-state index < -0.39 is 0 Å². The molecule has 0 aliphatic carbocycles. The number of benzene rings is 8. The molecule has 1 aromatic heterocycles. The van der Waals surface area contributed by atoms with Gasteiger partial charge in [0, 0.05) is 27.9 Å². The van der Waals surface area contributed by atoms with Crippen LogP contribution in [-0.4, -0.2) is 15.0 Å². The van der Waals surface area contributed by atoms with Crippen LogP contribution in [0.5, 0.6) is 0 Å². The zero-order valence-corrected chi connectivity index (χ0v) is 30.5. The zero-order chi connectivity index (χ0) is 37.3. The molecule has 1 unspecified atom stereocenters. The van der Waals surface area contributed by atoms with Gasteiger partial charge in [0.25, 0.3) is 0 Å². The van der Waals surface area contributed by atoms with Gasteiger partial charge in [0.15, 0.2) is 17.5 Å². The van der Waals surface area contributed by atoms with E-state index in [0.717, 1.165) is 33.5 Å². The second kappa shape index (κ2) is 14.4. The predicted octanol–water partition coefficient (Wildman–Crippen LogP) is 13.0. The van der Waals surface area contributed by atoms with E-state index in [1.54, 1.807) is 0 Å². The van der Waals surface area contributed by atoms with Crippen molar-refractivity contribution in [2.24, 2.45) is 0 Å². The van der Waals surface area contributed by atoms with Crippen molar-refractivity contribution in [2.45, 2.75) is 6.04 Å². The van der Waals surface area contributed by atoms with E-state index in [4.69, 9.17) is 15.0 Å². The molecule has 0 bridgehead atoms. The van der Waals surface area contributed by atoms with Gasteiger partial charge in [0.05, 0.1) is 6.04 Å². The summed E-state index contributed by atoms with van der Waals surface area (Å²) in [6.07, 6.45) is 2.37. The number of aromatic nitrogens is 3. The Morgan fingerprint density at radius 3 is 1.39 bits per heavy atom. The van der Waals surface area contributed by atoms with Crippen LogP contribution in [-0.2, 0) is 0 Å². The minimum atomic E-state index is 0.0686. The van der Waals surface area contributed by atoms with Crippen LogP contribution in [0.1, 0.15) is 22.7 Å². The lowest BCUT2D eigenvalue weighted by atomic mass is 9.85. The molecule has 264 valence electrons. The van der Waals surface area contributed by atoms with E-state index in [9.17, 15) is 0 Å². The maximum absolute atomic E-state index is 5.03. The van der Waals surface area contributed by atoms with Crippen LogP contribution in [0, 0.1) is 0 Å². The van der Waals surface area contributed by atoms with Crippen molar-refractivity contribution in [1.82, 2.24) is 15.0 Å². The van der Waals surface area contributed by atoms with Gasteiger partial charge in [0.1, 0.15) is 0 Å². The lowest BCUT2D eigenvalue weighted by molar-refractivity contribution is 0.974. The molecule has 8 aromatic carbocycles. The molecule has 9 aromatic rings. The minimum Gasteiger partial charge on any atom is -0.374 e. The van der Waals surface area contributed by atoms with Crippen molar-refractivity contribution < 1.29 is 0 Å². The Morgan fingerprint density at radius 1 is 0.339 bits per heavy atom. The molecule has 0 radical (unpaired) electrons. The van der Waals surface area contributed by atoms with Crippen LogP contribution in [0.25, 0.3) is 72.8 Å². The van der Waals surface area contributed by atoms with E-state index in [1.807, 2.05) is 36.4 Å². The van der Waals surface area contributed by atoms with Crippen LogP contribution in [0.15, 0.2) is 206 Å². The largest absolute Gasteiger partial charge is 0.374 e. The first kappa shape index (κ1) is 33.2. The van der Waals surface area contributed by atoms with Crippen molar-refractivity contribution in [3.8, 4) is 56.4 Å². The first-order valence-corrected chi connectivity index (χ1v) is 19.0. The van der Waals surface area contributed by atoms with Gasteiger partial charge in [-0.1, -0.05) is 194 Å². The second-order valence-corrected chi connectivity index (χ2v) is 14.1. The Morgan fingerprint density at radius 2 is 0.804 bits per heavy atom. The molecule has 2 heterocycles. The van der Waals surface area contributed by atoms with Crippen molar-refractivity contribution in [1.29, 1.82) is 0 Å². The fourth-order valence-electron chi connectivity index (χ4n) is 7.77. The molecule has 1 aliphatic rings. The number of nitrogens with zero attached hydrogens (tertiary/aromatic N) is 3. The maximum Gasteiger partial charge on any atom is 0.164 e. The summed E-state index contributed by atoms with van der Waals surface area (Å²) in [5.74, 6) is 1.92. The van der Waals surface area contributed by atoms with E-state index in [2.05, 4.69) is 175 Å². The Kier molecular flexibility index (Phi) is 8.54. The summed E-state index contributed by atoms with van der Waals surface area (Å²) in [6, 6.07) is 70.2. The Balaban J connectivity index is 1.03. The molecular weight excluding hydrogens is 681 g/mol. The number of hydrogen-bond acceptors (Lipinski definition) is 4. The molecule has 4 nitrogen and oxygen atoms in total. The lowest BCUT2D eigenvalue weighted by Gasteiger charge is -2.29. The summed E-state index contributed by atoms with van der Waals surface area (Å²) in [5, 5.41) is 6.25. The van der Waals surface area contributed by atoms with Gasteiger partial charge in [-0.15, -0.1) is 0 Å². The first-order valence-electron chi connectivity index (χ1n) is 19.0. The number of rotatable bonds is 7. The topological polar surface area (TPSA) is 50.7 Å². The van der Waals surface area contributed by atoms with Gasteiger partial charge in [0.2, 0.25) is 0 Å². The van der Waals surface area contributed by atoms with Crippen molar-refractivity contribution in [3.05, 3.63) is 223 Å². The smallest absolute Gasteiger partial charge is 0.164 e. The molecule has 0 spiro atoms. The zero-order valence-electron chi connectivity index (χ0n) is 30.5. The highest BCUT2D eigenvalue weighted by atomic mass is 15.0. The summed E-state index contributed by atoms with van der Waals surface area (Å²) in [6.45, 7) is 0. The number of fused-ring (bicyclic) bond motifs is 3. The molecule has 56 heavy (non-hydrogen) atoms. The standard InChI is InChI=1S/C52H36N4/c1-5-14-35(15-6-1)36-24-28-41(29-25-36)51-54-50(40-20-11-4-12-21-40)55-52(56-51)42-30-26-38(27-31-42)43-22-13-23-45-44(43)32-33-47-49(45)46(37-16-7-2-8-17-37)34-48(53-47)39-18-9-3-10-19-39/h1-34,48,53H. The van der Waals surface area contributed by atoms with E-state index in [0.29, 0.717) is 17.5 Å². The average Bonchev–Trinajstić information content (AvgIpc) is 3.29. The highest BCUT2D eigenvalue weighted by Gasteiger charge is 2.24. The third-order valence-corrected chi connectivity index (χ3v) is 10.6. The number of nitrogens with one attached hydrogen (secondary N) is 1.